The van der Waals surface area contributed by atoms with E-state index in [1.165, 1.54) is 0 Å². The molecule has 0 spiro atoms. The largest absolute Gasteiger partial charge is 0.372 e. The van der Waals surface area contributed by atoms with Crippen molar-refractivity contribution < 1.29 is 14.3 Å². The molecule has 2 unspecified atom stereocenters. The average molecular weight is 541 g/mol. The molecule has 2 heterocycles. The number of hydrogen-bond acceptors (Lipinski definition) is 4. The van der Waals surface area contributed by atoms with Crippen molar-refractivity contribution in [2.45, 2.75) is 26.1 Å². The van der Waals surface area contributed by atoms with Crippen LogP contribution >= 0.6 is 11.6 Å². The van der Waals surface area contributed by atoms with Crippen LogP contribution in [0.2, 0.25) is 5.02 Å². The molecule has 2 atom stereocenters. The summed E-state index contributed by atoms with van der Waals surface area (Å²) in [6.45, 7) is 4.71. The van der Waals surface area contributed by atoms with E-state index in [1.54, 1.807) is 39.9 Å². The van der Waals surface area contributed by atoms with Gasteiger partial charge in [0.05, 0.1) is 17.9 Å². The van der Waals surface area contributed by atoms with E-state index in [-0.39, 0.29) is 23.8 Å². The second kappa shape index (κ2) is 11.7. The number of benzene rings is 3. The zero-order valence-corrected chi connectivity index (χ0v) is 22.5. The van der Waals surface area contributed by atoms with Crippen LogP contribution in [0.5, 0.6) is 0 Å². The topological polar surface area (TPSA) is 76.5 Å². The molecule has 1 aliphatic heterocycles. The van der Waals surface area contributed by atoms with Gasteiger partial charge in [0, 0.05) is 41.0 Å². The van der Waals surface area contributed by atoms with Crippen LogP contribution in [0, 0.1) is 0 Å². The summed E-state index contributed by atoms with van der Waals surface area (Å²) in [5, 5.41) is 8.24. The summed E-state index contributed by atoms with van der Waals surface area (Å²) in [7, 11) is 0. The summed E-state index contributed by atoms with van der Waals surface area (Å²) in [5.74, 6) is -0.692. The minimum Gasteiger partial charge on any atom is -0.372 e. The highest BCUT2D eigenvalue weighted by Crippen LogP contribution is 2.26. The van der Waals surface area contributed by atoms with Crippen LogP contribution in [0.1, 0.15) is 29.8 Å². The van der Waals surface area contributed by atoms with Crippen molar-refractivity contribution in [2.75, 3.05) is 13.1 Å². The second-order valence-electron chi connectivity index (χ2n) is 9.57. The van der Waals surface area contributed by atoms with Crippen molar-refractivity contribution >= 4 is 29.5 Å². The maximum absolute atomic E-state index is 13.9. The number of aromatic nitrogens is 2. The zero-order valence-electron chi connectivity index (χ0n) is 21.8. The Morgan fingerprint density at radius 3 is 2.18 bits per heavy atom. The molecule has 39 heavy (non-hydrogen) atoms. The Morgan fingerprint density at radius 1 is 0.923 bits per heavy atom. The first-order valence-electron chi connectivity index (χ1n) is 12.8. The molecule has 198 valence electrons. The van der Waals surface area contributed by atoms with E-state index < -0.39 is 5.91 Å². The predicted octanol–water partition coefficient (Wildman–Crippen LogP) is 5.60. The lowest BCUT2D eigenvalue weighted by atomic mass is 10.1. The smallest absolute Gasteiger partial charge is 0.270 e. The van der Waals surface area contributed by atoms with Crippen molar-refractivity contribution in [1.29, 1.82) is 0 Å². The van der Waals surface area contributed by atoms with Gasteiger partial charge in [0.15, 0.2) is 0 Å². The van der Waals surface area contributed by atoms with Gasteiger partial charge in [-0.05, 0) is 56.3 Å². The summed E-state index contributed by atoms with van der Waals surface area (Å²) >= 11 is 6.01. The quantitative estimate of drug-likeness (QED) is 0.323. The molecule has 1 saturated heterocycles. The Kier molecular flexibility index (Phi) is 7.91. The van der Waals surface area contributed by atoms with Gasteiger partial charge in [-0.2, -0.15) is 5.10 Å². The number of nitrogens with zero attached hydrogens (tertiary/aromatic N) is 3. The minimum atomic E-state index is -0.405. The normalized spacial score (nSPS) is 17.6. The number of nitrogens with one attached hydrogen (secondary N) is 1. The molecule has 4 aromatic rings. The van der Waals surface area contributed by atoms with Crippen molar-refractivity contribution in [3.63, 3.8) is 0 Å². The van der Waals surface area contributed by atoms with Crippen molar-refractivity contribution in [3.05, 3.63) is 113 Å². The van der Waals surface area contributed by atoms with E-state index in [0.29, 0.717) is 34.9 Å². The van der Waals surface area contributed by atoms with E-state index in [9.17, 15) is 9.59 Å². The van der Waals surface area contributed by atoms with E-state index in [1.807, 2.05) is 80.7 Å². The molecule has 1 N–H and O–H groups in total. The summed E-state index contributed by atoms with van der Waals surface area (Å²) in [6, 6.07) is 26.0. The number of rotatable bonds is 6. The number of carbonyl (C=O) groups is 2. The first kappa shape index (κ1) is 26.4. The fourth-order valence-corrected chi connectivity index (χ4v) is 4.77. The molecule has 0 radical (unpaired) electrons. The highest BCUT2D eigenvalue weighted by atomic mass is 35.5. The SMILES string of the molecule is CC1CN(C(=O)/C(=C/c2cn(-c3ccccc3)nc2-c2ccccc2)NC(=O)c2ccc(Cl)cc2)CC(C)O1. The average Bonchev–Trinajstić information content (AvgIpc) is 3.37. The fourth-order valence-electron chi connectivity index (χ4n) is 4.64. The van der Waals surface area contributed by atoms with Gasteiger partial charge in [-0.25, -0.2) is 4.68 Å². The Labute approximate surface area is 232 Å². The van der Waals surface area contributed by atoms with Crippen molar-refractivity contribution in [1.82, 2.24) is 20.0 Å². The van der Waals surface area contributed by atoms with Crippen LogP contribution in [-0.2, 0) is 9.53 Å². The van der Waals surface area contributed by atoms with Crippen molar-refractivity contribution in [2.24, 2.45) is 0 Å². The minimum absolute atomic E-state index is 0.119. The Bertz CT molecular complexity index is 1470. The third kappa shape index (κ3) is 6.28. The van der Waals surface area contributed by atoms with Crippen LogP contribution < -0.4 is 5.32 Å². The third-order valence-corrected chi connectivity index (χ3v) is 6.65. The molecule has 0 saturated carbocycles. The van der Waals surface area contributed by atoms with E-state index >= 15 is 0 Å². The Hall–Kier alpha value is -4.20. The molecular formula is C31H29ClN4O3. The van der Waals surface area contributed by atoms with E-state index in [0.717, 1.165) is 11.3 Å². The molecule has 1 aromatic heterocycles. The number of morpholine rings is 1. The maximum atomic E-state index is 13.9. The zero-order chi connectivity index (χ0) is 27.4. The van der Waals surface area contributed by atoms with Gasteiger partial charge in [0.1, 0.15) is 11.4 Å². The van der Waals surface area contributed by atoms with Crippen LogP contribution in [-0.4, -0.2) is 51.8 Å². The van der Waals surface area contributed by atoms with Crippen molar-refractivity contribution in [3.8, 4) is 16.9 Å². The van der Waals surface area contributed by atoms with Crippen LogP contribution in [0.25, 0.3) is 23.0 Å². The van der Waals surface area contributed by atoms with Crippen LogP contribution in [0.3, 0.4) is 0 Å². The Balaban J connectivity index is 1.59. The number of carbonyl (C=O) groups excluding carboxylic acids is 2. The number of hydrogen-bond donors (Lipinski definition) is 1. The van der Waals surface area contributed by atoms with E-state index in [2.05, 4.69) is 5.32 Å². The number of amides is 2. The lowest BCUT2D eigenvalue weighted by Gasteiger charge is -2.35. The monoisotopic (exact) mass is 540 g/mol. The van der Waals surface area contributed by atoms with Crippen LogP contribution in [0.15, 0.2) is 96.8 Å². The van der Waals surface area contributed by atoms with Gasteiger partial charge in [-0.1, -0.05) is 60.1 Å². The maximum Gasteiger partial charge on any atom is 0.270 e. The fraction of sp³-hybridized carbons (Fsp3) is 0.194. The van der Waals surface area contributed by atoms with Gasteiger partial charge >= 0.3 is 0 Å². The molecule has 1 fully saturated rings. The highest BCUT2D eigenvalue weighted by molar-refractivity contribution is 6.30. The van der Waals surface area contributed by atoms with Gasteiger partial charge in [-0.3, -0.25) is 9.59 Å². The molecule has 8 heteroatoms. The molecule has 5 rings (SSSR count). The molecule has 3 aromatic carbocycles. The third-order valence-electron chi connectivity index (χ3n) is 6.40. The first-order valence-corrected chi connectivity index (χ1v) is 13.2. The molecular weight excluding hydrogens is 512 g/mol. The van der Waals surface area contributed by atoms with Gasteiger partial charge in [-0.15, -0.1) is 0 Å². The summed E-state index contributed by atoms with van der Waals surface area (Å²) < 4.78 is 7.60. The van der Waals surface area contributed by atoms with E-state index in [4.69, 9.17) is 21.4 Å². The molecule has 1 aliphatic rings. The first-order chi connectivity index (χ1) is 18.9. The molecule has 2 amide bonds. The second-order valence-corrected chi connectivity index (χ2v) is 10.0. The summed E-state index contributed by atoms with van der Waals surface area (Å²) in [4.78, 5) is 28.8. The highest BCUT2D eigenvalue weighted by Gasteiger charge is 2.29. The van der Waals surface area contributed by atoms with Gasteiger partial charge in [0.25, 0.3) is 11.8 Å². The number of halogens is 1. The molecule has 0 bridgehead atoms. The summed E-state index contributed by atoms with van der Waals surface area (Å²) in [6.07, 6.45) is 3.33. The lowest BCUT2D eigenvalue weighted by Crippen LogP contribution is -2.50. The van der Waals surface area contributed by atoms with Gasteiger partial charge < -0.3 is 15.0 Å². The standard InChI is InChI=1S/C31H29ClN4O3/c1-21-18-35(19-22(2)39-21)31(38)28(33-30(37)24-13-15-26(32)16-14-24)17-25-20-36(27-11-7-4-8-12-27)34-29(25)23-9-5-3-6-10-23/h3-17,20-22H,18-19H2,1-2H3,(H,33,37)/b28-17-. The predicted molar refractivity (Wildman–Crippen MR) is 152 cm³/mol. The number of para-hydroxylation sites is 1. The number of ether oxygens (including phenoxy) is 1. The lowest BCUT2D eigenvalue weighted by molar-refractivity contribution is -0.139. The van der Waals surface area contributed by atoms with Gasteiger partial charge in [0.2, 0.25) is 0 Å². The molecule has 0 aliphatic carbocycles. The summed E-state index contributed by atoms with van der Waals surface area (Å²) in [5.41, 5.74) is 3.70. The molecule has 7 nitrogen and oxygen atoms in total. The van der Waals surface area contributed by atoms with Crippen LogP contribution in [0.4, 0.5) is 0 Å². The Morgan fingerprint density at radius 2 is 1.54 bits per heavy atom.